The Morgan fingerprint density at radius 1 is 1.50 bits per heavy atom. The van der Waals surface area contributed by atoms with Gasteiger partial charge in [-0.2, -0.15) is 0 Å². The van der Waals surface area contributed by atoms with E-state index in [4.69, 9.17) is 0 Å². The van der Waals surface area contributed by atoms with Gasteiger partial charge in [0.05, 0.1) is 19.1 Å². The number of esters is 1. The van der Waals surface area contributed by atoms with E-state index in [0.29, 0.717) is 31.5 Å². The normalized spacial score (nSPS) is 9.89. The quantitative estimate of drug-likeness (QED) is 0.574. The van der Waals surface area contributed by atoms with E-state index >= 15 is 0 Å². The standard InChI is InChI=1S/C12H17N3O3/c1-3-13-12(17)10-6-8-15(14-9-10)7-4-5-11(16)18-2/h6,8-9H,3-5,7H2,1-2H3/p+1. The fraction of sp³-hybridized carbons (Fsp3) is 0.500. The molecule has 6 nitrogen and oxygen atoms in total. The summed E-state index contributed by atoms with van der Waals surface area (Å²) in [5.74, 6) is -0.360. The highest BCUT2D eigenvalue weighted by atomic mass is 16.5. The Morgan fingerprint density at radius 3 is 2.83 bits per heavy atom. The summed E-state index contributed by atoms with van der Waals surface area (Å²) >= 11 is 0. The fourth-order valence-electron chi connectivity index (χ4n) is 1.40. The number of carbonyl (C=O) groups is 2. The van der Waals surface area contributed by atoms with Crippen molar-refractivity contribution in [2.75, 3.05) is 13.7 Å². The second-order valence-electron chi connectivity index (χ2n) is 3.72. The largest absolute Gasteiger partial charge is 0.469 e. The van der Waals surface area contributed by atoms with Gasteiger partial charge in [-0.25, -0.2) is 0 Å². The first-order valence-corrected chi connectivity index (χ1v) is 5.88. The van der Waals surface area contributed by atoms with Crippen LogP contribution in [0, 0.1) is 0 Å². The molecule has 18 heavy (non-hydrogen) atoms. The number of carbonyl (C=O) groups excluding carboxylic acids is 2. The molecule has 0 aromatic carbocycles. The first kappa shape index (κ1) is 14.1. The van der Waals surface area contributed by atoms with Gasteiger partial charge >= 0.3 is 5.97 Å². The molecule has 1 N–H and O–H groups in total. The van der Waals surface area contributed by atoms with Gasteiger partial charge in [-0.15, -0.1) is 0 Å². The van der Waals surface area contributed by atoms with Crippen molar-refractivity contribution >= 4 is 11.9 Å². The van der Waals surface area contributed by atoms with E-state index in [1.54, 1.807) is 16.9 Å². The lowest BCUT2D eigenvalue weighted by Crippen LogP contribution is -2.38. The zero-order chi connectivity index (χ0) is 13.4. The van der Waals surface area contributed by atoms with Crippen LogP contribution >= 0.6 is 0 Å². The number of aromatic nitrogens is 2. The molecule has 0 radical (unpaired) electrons. The highest BCUT2D eigenvalue weighted by molar-refractivity contribution is 5.93. The predicted octanol–water partition coefficient (Wildman–Crippen LogP) is 0.0720. The average molecular weight is 252 g/mol. The molecule has 0 spiro atoms. The molecule has 0 aliphatic heterocycles. The molecule has 0 aliphatic rings. The van der Waals surface area contributed by atoms with Gasteiger partial charge < -0.3 is 10.1 Å². The van der Waals surface area contributed by atoms with Gasteiger partial charge in [0.2, 0.25) is 0 Å². The van der Waals surface area contributed by atoms with Gasteiger partial charge in [0.1, 0.15) is 6.20 Å². The Balaban J connectivity index is 2.45. The number of rotatable bonds is 6. The molecule has 0 aliphatic carbocycles. The van der Waals surface area contributed by atoms with E-state index in [9.17, 15) is 9.59 Å². The SMILES string of the molecule is CCNC(=O)c1cc[n+](CCCC(=O)OC)nc1. The van der Waals surface area contributed by atoms with Crippen molar-refractivity contribution < 1.29 is 19.0 Å². The maximum Gasteiger partial charge on any atom is 0.305 e. The number of ether oxygens (including phenoxy) is 1. The number of hydrogen-bond acceptors (Lipinski definition) is 4. The number of methoxy groups -OCH3 is 1. The van der Waals surface area contributed by atoms with Gasteiger partial charge in [-0.1, -0.05) is 4.68 Å². The summed E-state index contributed by atoms with van der Waals surface area (Å²) in [6.45, 7) is 3.07. The summed E-state index contributed by atoms with van der Waals surface area (Å²) < 4.78 is 6.23. The Labute approximate surface area is 106 Å². The van der Waals surface area contributed by atoms with Crippen LogP contribution in [0.2, 0.25) is 0 Å². The molecule has 0 saturated carbocycles. The van der Waals surface area contributed by atoms with E-state index in [1.165, 1.54) is 13.3 Å². The number of amides is 1. The molecule has 0 unspecified atom stereocenters. The summed E-state index contributed by atoms with van der Waals surface area (Å²) in [4.78, 5) is 22.4. The van der Waals surface area contributed by atoms with Gasteiger partial charge in [0.15, 0.2) is 12.7 Å². The summed E-state index contributed by atoms with van der Waals surface area (Å²) in [6.07, 6.45) is 4.26. The number of nitrogens with zero attached hydrogens (tertiary/aromatic N) is 2. The minimum absolute atomic E-state index is 0.133. The Morgan fingerprint density at radius 2 is 2.28 bits per heavy atom. The van der Waals surface area contributed by atoms with E-state index in [1.807, 2.05) is 6.92 Å². The van der Waals surface area contributed by atoms with Crippen LogP contribution in [0.1, 0.15) is 30.1 Å². The molecule has 1 aromatic rings. The zero-order valence-corrected chi connectivity index (χ0v) is 10.7. The highest BCUT2D eigenvalue weighted by Crippen LogP contribution is 1.94. The Bertz CT molecular complexity index is 404. The minimum atomic E-state index is -0.227. The van der Waals surface area contributed by atoms with Crippen molar-refractivity contribution in [1.29, 1.82) is 0 Å². The molecule has 0 bridgehead atoms. The molecular formula is C12H18N3O3+. The molecular weight excluding hydrogens is 234 g/mol. The van der Waals surface area contributed by atoms with Gasteiger partial charge in [0.25, 0.3) is 5.91 Å². The van der Waals surface area contributed by atoms with E-state index in [-0.39, 0.29) is 11.9 Å². The molecule has 1 amide bonds. The summed E-state index contributed by atoms with van der Waals surface area (Å²) in [5.41, 5.74) is 0.529. The third-order valence-electron chi connectivity index (χ3n) is 2.37. The maximum atomic E-state index is 11.5. The smallest absolute Gasteiger partial charge is 0.305 e. The van der Waals surface area contributed by atoms with Crippen LogP contribution < -0.4 is 10.00 Å². The average Bonchev–Trinajstić information content (AvgIpc) is 2.39. The van der Waals surface area contributed by atoms with Crippen molar-refractivity contribution in [2.45, 2.75) is 26.3 Å². The summed E-state index contributed by atoms with van der Waals surface area (Å²) in [5, 5.41) is 6.81. The molecule has 1 rings (SSSR count). The second kappa shape index (κ2) is 7.37. The van der Waals surface area contributed by atoms with Crippen LogP contribution in [0.3, 0.4) is 0 Å². The lowest BCUT2D eigenvalue weighted by atomic mass is 10.3. The van der Waals surface area contributed by atoms with Crippen molar-refractivity contribution in [1.82, 2.24) is 10.4 Å². The van der Waals surface area contributed by atoms with Crippen LogP contribution in [0.4, 0.5) is 0 Å². The van der Waals surface area contributed by atoms with Crippen molar-refractivity contribution in [3.05, 3.63) is 24.0 Å². The molecule has 1 heterocycles. The maximum absolute atomic E-state index is 11.5. The van der Waals surface area contributed by atoms with E-state index in [0.717, 1.165) is 0 Å². The van der Waals surface area contributed by atoms with Gasteiger partial charge in [-0.05, 0) is 12.0 Å². The molecule has 0 saturated heterocycles. The lowest BCUT2D eigenvalue weighted by molar-refractivity contribution is -0.754. The Kier molecular flexibility index (Phi) is 5.76. The van der Waals surface area contributed by atoms with Crippen LogP contribution in [-0.4, -0.2) is 30.6 Å². The van der Waals surface area contributed by atoms with Crippen LogP contribution in [0.25, 0.3) is 0 Å². The third kappa shape index (κ3) is 4.48. The monoisotopic (exact) mass is 252 g/mol. The summed E-state index contributed by atoms with van der Waals surface area (Å²) in [6, 6.07) is 1.70. The number of aryl methyl sites for hydroxylation is 1. The number of hydrogen-bond donors (Lipinski definition) is 1. The van der Waals surface area contributed by atoms with Crippen molar-refractivity contribution in [2.24, 2.45) is 0 Å². The highest BCUT2D eigenvalue weighted by Gasteiger charge is 2.09. The van der Waals surface area contributed by atoms with Gasteiger partial charge in [0, 0.05) is 19.0 Å². The molecule has 0 fully saturated rings. The van der Waals surface area contributed by atoms with Crippen LogP contribution in [0.15, 0.2) is 18.5 Å². The minimum Gasteiger partial charge on any atom is -0.469 e. The molecule has 1 aromatic heterocycles. The fourth-order valence-corrected chi connectivity index (χ4v) is 1.40. The van der Waals surface area contributed by atoms with Crippen molar-refractivity contribution in [3.63, 3.8) is 0 Å². The third-order valence-corrected chi connectivity index (χ3v) is 2.37. The zero-order valence-electron chi connectivity index (χ0n) is 10.7. The van der Waals surface area contributed by atoms with Crippen molar-refractivity contribution in [3.8, 4) is 0 Å². The second-order valence-corrected chi connectivity index (χ2v) is 3.72. The lowest BCUT2D eigenvalue weighted by Gasteiger charge is -2.00. The van der Waals surface area contributed by atoms with Gasteiger partial charge in [-0.3, -0.25) is 9.59 Å². The number of nitrogens with one attached hydrogen (secondary N) is 1. The predicted molar refractivity (Wildman–Crippen MR) is 63.7 cm³/mol. The molecule has 98 valence electrons. The van der Waals surface area contributed by atoms with Crippen LogP contribution in [-0.2, 0) is 16.1 Å². The van der Waals surface area contributed by atoms with Crippen LogP contribution in [0.5, 0.6) is 0 Å². The summed E-state index contributed by atoms with van der Waals surface area (Å²) in [7, 11) is 1.37. The molecule has 6 heteroatoms. The first-order chi connectivity index (χ1) is 8.67. The van der Waals surface area contributed by atoms with E-state index < -0.39 is 0 Å². The first-order valence-electron chi connectivity index (χ1n) is 5.88. The Hall–Kier alpha value is -1.98. The molecule has 0 atom stereocenters. The van der Waals surface area contributed by atoms with E-state index in [2.05, 4.69) is 15.2 Å². The topological polar surface area (TPSA) is 72.2 Å².